The highest BCUT2D eigenvalue weighted by molar-refractivity contribution is 5.78. The molecule has 0 bridgehead atoms. The Morgan fingerprint density at radius 1 is 0.824 bits per heavy atom. The number of hydroxylamine groups is 1. The Morgan fingerprint density at radius 2 is 1.56 bits per heavy atom. The van der Waals surface area contributed by atoms with Crippen LogP contribution in [0.5, 0.6) is 5.75 Å². The molecule has 0 atom stereocenters. The molecule has 3 N–H and O–H groups in total. The number of carbonyl (C=O) groups excluding carboxylic acids is 2. The first kappa shape index (κ1) is 24.9. The predicted molar refractivity (Wildman–Crippen MR) is 130 cm³/mol. The maximum Gasteiger partial charge on any atom is 0.243 e. The highest BCUT2D eigenvalue weighted by atomic mass is 16.5. The van der Waals surface area contributed by atoms with Crippen LogP contribution in [-0.2, 0) is 22.6 Å². The second-order valence-corrected chi connectivity index (χ2v) is 8.05. The number of amides is 2. The van der Waals surface area contributed by atoms with Crippen LogP contribution in [0.15, 0.2) is 72.9 Å². The van der Waals surface area contributed by atoms with E-state index in [1.165, 1.54) is 0 Å². The first-order valence-electron chi connectivity index (χ1n) is 11.6. The van der Waals surface area contributed by atoms with Gasteiger partial charge in [-0.2, -0.15) is 0 Å². The van der Waals surface area contributed by atoms with E-state index in [0.717, 1.165) is 53.8 Å². The van der Waals surface area contributed by atoms with E-state index in [1.807, 2.05) is 66.7 Å². The topological polar surface area (TPSA) is 101 Å². The van der Waals surface area contributed by atoms with Crippen LogP contribution in [0.25, 0.3) is 11.1 Å². The van der Waals surface area contributed by atoms with Gasteiger partial charge in [0, 0.05) is 30.4 Å². The summed E-state index contributed by atoms with van der Waals surface area (Å²) in [6, 6.07) is 21.5. The van der Waals surface area contributed by atoms with E-state index in [-0.39, 0.29) is 18.2 Å². The standard InChI is InChI=1S/C27H31N3O4/c31-26(30-33)10-6-1-2-7-17-34-25-15-12-22(13-16-25)23-11-14-24(28-20-23)18-27(32)29-19-21-8-4-3-5-9-21/h3-5,8-9,11-16,20,33H,1-2,6-7,10,17-19H2,(H,29,32)(H,30,31). The van der Waals surface area contributed by atoms with E-state index >= 15 is 0 Å². The third-order valence-electron chi connectivity index (χ3n) is 5.38. The number of nitrogens with one attached hydrogen (secondary N) is 2. The molecule has 178 valence electrons. The lowest BCUT2D eigenvalue weighted by Gasteiger charge is -2.08. The Morgan fingerprint density at radius 3 is 2.26 bits per heavy atom. The molecule has 34 heavy (non-hydrogen) atoms. The molecule has 3 aromatic rings. The molecule has 2 amide bonds. The summed E-state index contributed by atoms with van der Waals surface area (Å²) in [7, 11) is 0. The molecule has 2 aromatic carbocycles. The van der Waals surface area contributed by atoms with Gasteiger partial charge in [-0.1, -0.05) is 61.4 Å². The summed E-state index contributed by atoms with van der Waals surface area (Å²) in [6.07, 6.45) is 5.93. The van der Waals surface area contributed by atoms with Crippen molar-refractivity contribution in [2.75, 3.05) is 6.61 Å². The van der Waals surface area contributed by atoms with Crippen molar-refractivity contribution in [3.05, 3.63) is 84.2 Å². The smallest absolute Gasteiger partial charge is 0.243 e. The number of hydrogen-bond acceptors (Lipinski definition) is 5. The van der Waals surface area contributed by atoms with Gasteiger partial charge in [0.25, 0.3) is 0 Å². The lowest BCUT2D eigenvalue weighted by Crippen LogP contribution is -2.24. The van der Waals surface area contributed by atoms with Crippen LogP contribution in [0.2, 0.25) is 0 Å². The Hall–Kier alpha value is -3.71. The van der Waals surface area contributed by atoms with Crippen molar-refractivity contribution >= 4 is 11.8 Å². The van der Waals surface area contributed by atoms with Crippen LogP contribution < -0.4 is 15.5 Å². The Labute approximate surface area is 200 Å². The molecule has 0 aliphatic rings. The summed E-state index contributed by atoms with van der Waals surface area (Å²) in [5.74, 6) is 0.412. The summed E-state index contributed by atoms with van der Waals surface area (Å²) in [6.45, 7) is 1.13. The fourth-order valence-electron chi connectivity index (χ4n) is 3.45. The molecule has 0 aliphatic heterocycles. The number of carbonyl (C=O) groups is 2. The molecule has 7 nitrogen and oxygen atoms in total. The SMILES string of the molecule is O=C(CCCCCCOc1ccc(-c2ccc(CC(=O)NCc3ccccc3)nc2)cc1)NO. The number of ether oxygens (including phenoxy) is 1. The minimum atomic E-state index is -0.342. The van der Waals surface area contributed by atoms with Gasteiger partial charge in [0.15, 0.2) is 0 Å². The highest BCUT2D eigenvalue weighted by Crippen LogP contribution is 2.22. The summed E-state index contributed by atoms with van der Waals surface area (Å²) in [5, 5.41) is 11.4. The number of nitrogens with zero attached hydrogens (tertiary/aromatic N) is 1. The number of unbranched alkanes of at least 4 members (excludes halogenated alkanes) is 3. The molecular weight excluding hydrogens is 430 g/mol. The fourth-order valence-corrected chi connectivity index (χ4v) is 3.45. The lowest BCUT2D eigenvalue weighted by molar-refractivity contribution is -0.129. The second-order valence-electron chi connectivity index (χ2n) is 8.05. The van der Waals surface area contributed by atoms with E-state index in [1.54, 1.807) is 11.7 Å². The van der Waals surface area contributed by atoms with E-state index in [2.05, 4.69) is 10.3 Å². The Kier molecular flexibility index (Phi) is 10.1. The zero-order valence-corrected chi connectivity index (χ0v) is 19.2. The fraction of sp³-hybridized carbons (Fsp3) is 0.296. The Bertz CT molecular complexity index is 1020. The van der Waals surface area contributed by atoms with Gasteiger partial charge in [0.05, 0.1) is 13.0 Å². The molecule has 1 aromatic heterocycles. The first-order valence-corrected chi connectivity index (χ1v) is 11.6. The average Bonchev–Trinajstić information content (AvgIpc) is 2.88. The molecule has 1 heterocycles. The molecule has 7 heteroatoms. The highest BCUT2D eigenvalue weighted by Gasteiger charge is 2.06. The van der Waals surface area contributed by atoms with Crippen LogP contribution in [0.1, 0.15) is 43.4 Å². The molecule has 0 spiro atoms. The average molecular weight is 462 g/mol. The lowest BCUT2D eigenvalue weighted by atomic mass is 10.1. The molecule has 0 aliphatic carbocycles. The van der Waals surface area contributed by atoms with E-state index in [4.69, 9.17) is 9.94 Å². The zero-order chi connectivity index (χ0) is 24.0. The van der Waals surface area contributed by atoms with Gasteiger partial charge in [-0.05, 0) is 42.2 Å². The van der Waals surface area contributed by atoms with Crippen LogP contribution in [0, 0.1) is 0 Å². The third kappa shape index (κ3) is 8.67. The quantitative estimate of drug-likeness (QED) is 0.198. The number of hydrogen-bond donors (Lipinski definition) is 3. The van der Waals surface area contributed by atoms with Crippen molar-refractivity contribution in [2.24, 2.45) is 0 Å². The molecule has 0 saturated heterocycles. The molecule has 3 rings (SSSR count). The molecule has 0 fully saturated rings. The van der Waals surface area contributed by atoms with Crippen molar-refractivity contribution in [1.29, 1.82) is 0 Å². The minimum absolute atomic E-state index is 0.0544. The van der Waals surface area contributed by atoms with Crippen LogP contribution in [-0.4, -0.2) is 28.6 Å². The van der Waals surface area contributed by atoms with Gasteiger partial charge < -0.3 is 10.1 Å². The maximum absolute atomic E-state index is 12.2. The van der Waals surface area contributed by atoms with E-state index in [9.17, 15) is 9.59 Å². The van der Waals surface area contributed by atoms with Gasteiger partial charge in [-0.3, -0.25) is 19.8 Å². The van der Waals surface area contributed by atoms with Crippen LogP contribution in [0.4, 0.5) is 0 Å². The van der Waals surface area contributed by atoms with Crippen molar-refractivity contribution in [2.45, 2.75) is 45.1 Å². The van der Waals surface area contributed by atoms with Crippen molar-refractivity contribution in [1.82, 2.24) is 15.8 Å². The minimum Gasteiger partial charge on any atom is -0.494 e. The van der Waals surface area contributed by atoms with Gasteiger partial charge in [-0.15, -0.1) is 0 Å². The van der Waals surface area contributed by atoms with Crippen LogP contribution in [0.3, 0.4) is 0 Å². The van der Waals surface area contributed by atoms with Gasteiger partial charge in [0.1, 0.15) is 5.75 Å². The van der Waals surface area contributed by atoms with E-state index < -0.39 is 0 Å². The summed E-state index contributed by atoms with van der Waals surface area (Å²) >= 11 is 0. The summed E-state index contributed by atoms with van der Waals surface area (Å²) in [5.41, 5.74) is 5.44. The van der Waals surface area contributed by atoms with Gasteiger partial charge in [0.2, 0.25) is 11.8 Å². The molecule has 0 unspecified atom stereocenters. The number of benzene rings is 2. The first-order chi connectivity index (χ1) is 16.6. The van der Waals surface area contributed by atoms with Crippen molar-refractivity contribution < 1.29 is 19.5 Å². The van der Waals surface area contributed by atoms with Crippen LogP contribution >= 0.6 is 0 Å². The number of aromatic nitrogens is 1. The van der Waals surface area contributed by atoms with Crippen molar-refractivity contribution in [3.63, 3.8) is 0 Å². The largest absolute Gasteiger partial charge is 0.494 e. The summed E-state index contributed by atoms with van der Waals surface area (Å²) < 4.78 is 5.78. The second kappa shape index (κ2) is 13.7. The molecule has 0 radical (unpaired) electrons. The van der Waals surface area contributed by atoms with Crippen molar-refractivity contribution in [3.8, 4) is 16.9 Å². The maximum atomic E-state index is 12.2. The van der Waals surface area contributed by atoms with Gasteiger partial charge >= 0.3 is 0 Å². The Balaban J connectivity index is 1.38. The molecular formula is C27H31N3O4. The van der Waals surface area contributed by atoms with E-state index in [0.29, 0.717) is 19.6 Å². The number of rotatable bonds is 13. The zero-order valence-electron chi connectivity index (χ0n) is 19.2. The monoisotopic (exact) mass is 461 g/mol. The molecule has 0 saturated carbocycles. The normalized spacial score (nSPS) is 10.5. The predicted octanol–water partition coefficient (Wildman–Crippen LogP) is 4.44. The number of pyridine rings is 1. The summed E-state index contributed by atoms with van der Waals surface area (Å²) in [4.78, 5) is 27.6. The third-order valence-corrected chi connectivity index (χ3v) is 5.38. The van der Waals surface area contributed by atoms with Gasteiger partial charge in [-0.25, -0.2) is 5.48 Å².